The Labute approximate surface area is 217 Å². The number of carbonyl (C=O) groups is 2. The molecule has 1 aliphatic carbocycles. The van der Waals surface area contributed by atoms with Gasteiger partial charge in [0.05, 0.1) is 34.1 Å². The average molecular weight is 507 g/mol. The third kappa shape index (κ3) is 6.07. The molecule has 1 N–H and O–H groups in total. The van der Waals surface area contributed by atoms with Crippen LogP contribution in [0.1, 0.15) is 59.8 Å². The summed E-state index contributed by atoms with van der Waals surface area (Å²) in [4.78, 5) is 29.4. The SMILES string of the molecule is COc1ccccc1CN(C(=O)c1ccco1)[C@@H](C(=O)NC1CCCCC1)c1ccc(OC)c(OC)c1. The summed E-state index contributed by atoms with van der Waals surface area (Å²) in [5.74, 6) is 1.11. The van der Waals surface area contributed by atoms with Crippen molar-refractivity contribution in [1.82, 2.24) is 10.2 Å². The molecule has 0 bridgehead atoms. The molecule has 3 aromatic rings. The molecule has 8 heteroatoms. The average Bonchev–Trinajstić information content (AvgIpc) is 3.48. The number of nitrogens with zero attached hydrogens (tertiary/aromatic N) is 1. The van der Waals surface area contributed by atoms with Gasteiger partial charge in [0, 0.05) is 11.6 Å². The lowest BCUT2D eigenvalue weighted by Gasteiger charge is -2.33. The molecule has 0 saturated heterocycles. The summed E-state index contributed by atoms with van der Waals surface area (Å²) in [5, 5.41) is 3.21. The maximum absolute atomic E-state index is 14.0. The van der Waals surface area contributed by atoms with Gasteiger partial charge in [0.15, 0.2) is 17.3 Å². The summed E-state index contributed by atoms with van der Waals surface area (Å²) in [6.45, 7) is 0.126. The molecule has 0 spiro atoms. The van der Waals surface area contributed by atoms with Crippen LogP contribution >= 0.6 is 0 Å². The van der Waals surface area contributed by atoms with Crippen LogP contribution in [0.25, 0.3) is 0 Å². The predicted molar refractivity (Wildman–Crippen MR) is 139 cm³/mol. The molecule has 0 radical (unpaired) electrons. The van der Waals surface area contributed by atoms with Crippen molar-refractivity contribution in [2.24, 2.45) is 0 Å². The van der Waals surface area contributed by atoms with Crippen LogP contribution in [-0.2, 0) is 11.3 Å². The van der Waals surface area contributed by atoms with E-state index in [0.29, 0.717) is 22.8 Å². The van der Waals surface area contributed by atoms with Crippen molar-refractivity contribution in [3.05, 3.63) is 77.7 Å². The first-order valence-electron chi connectivity index (χ1n) is 12.5. The predicted octanol–water partition coefficient (Wildman–Crippen LogP) is 5.14. The molecule has 2 aromatic carbocycles. The fourth-order valence-electron chi connectivity index (χ4n) is 4.86. The van der Waals surface area contributed by atoms with E-state index in [4.69, 9.17) is 18.6 Å². The molecular formula is C29H34N2O6. The number of rotatable bonds is 10. The van der Waals surface area contributed by atoms with Crippen LogP contribution in [0.4, 0.5) is 0 Å². The van der Waals surface area contributed by atoms with Crippen molar-refractivity contribution in [2.75, 3.05) is 21.3 Å². The van der Waals surface area contributed by atoms with Crippen LogP contribution in [0.3, 0.4) is 0 Å². The Morgan fingerprint density at radius 1 is 0.919 bits per heavy atom. The van der Waals surface area contributed by atoms with Gasteiger partial charge in [-0.2, -0.15) is 0 Å². The van der Waals surface area contributed by atoms with Crippen molar-refractivity contribution in [2.45, 2.75) is 50.7 Å². The molecule has 1 atom stereocenters. The number of benzene rings is 2. The summed E-state index contributed by atoms with van der Waals surface area (Å²) < 4.78 is 22.0. The zero-order valence-corrected chi connectivity index (χ0v) is 21.6. The summed E-state index contributed by atoms with van der Waals surface area (Å²) >= 11 is 0. The third-order valence-electron chi connectivity index (χ3n) is 6.76. The van der Waals surface area contributed by atoms with Crippen LogP contribution in [0, 0.1) is 0 Å². The van der Waals surface area contributed by atoms with Gasteiger partial charge in [0.25, 0.3) is 5.91 Å². The molecule has 4 rings (SSSR count). The monoisotopic (exact) mass is 506 g/mol. The van der Waals surface area contributed by atoms with Gasteiger partial charge >= 0.3 is 0 Å². The maximum atomic E-state index is 14.0. The second kappa shape index (κ2) is 12.3. The van der Waals surface area contributed by atoms with E-state index < -0.39 is 11.9 Å². The molecule has 0 unspecified atom stereocenters. The molecular weight excluding hydrogens is 472 g/mol. The van der Waals surface area contributed by atoms with E-state index in [0.717, 1.165) is 31.2 Å². The Bertz CT molecular complexity index is 1190. The van der Waals surface area contributed by atoms with Crippen molar-refractivity contribution >= 4 is 11.8 Å². The van der Waals surface area contributed by atoms with Gasteiger partial charge in [-0.15, -0.1) is 0 Å². The summed E-state index contributed by atoms with van der Waals surface area (Å²) in [7, 11) is 4.68. The van der Waals surface area contributed by atoms with Crippen LogP contribution in [0.15, 0.2) is 65.3 Å². The first kappa shape index (κ1) is 26.1. The second-order valence-electron chi connectivity index (χ2n) is 9.08. The number of carbonyl (C=O) groups excluding carboxylic acids is 2. The minimum atomic E-state index is -0.954. The fraction of sp³-hybridized carbons (Fsp3) is 0.379. The van der Waals surface area contributed by atoms with Gasteiger partial charge in [0.2, 0.25) is 5.91 Å². The zero-order valence-electron chi connectivity index (χ0n) is 21.6. The molecule has 1 aliphatic rings. The lowest BCUT2D eigenvalue weighted by Crippen LogP contribution is -2.46. The number of ether oxygens (including phenoxy) is 3. The summed E-state index contributed by atoms with van der Waals surface area (Å²) in [6, 6.07) is 15.1. The maximum Gasteiger partial charge on any atom is 0.290 e. The quantitative estimate of drug-likeness (QED) is 0.410. The van der Waals surface area contributed by atoms with Crippen LogP contribution in [0.5, 0.6) is 17.2 Å². The third-order valence-corrected chi connectivity index (χ3v) is 6.76. The normalized spacial score (nSPS) is 14.5. The van der Waals surface area contributed by atoms with Crippen LogP contribution < -0.4 is 19.5 Å². The van der Waals surface area contributed by atoms with E-state index in [-0.39, 0.29) is 24.3 Å². The van der Waals surface area contributed by atoms with Gasteiger partial charge < -0.3 is 28.8 Å². The smallest absolute Gasteiger partial charge is 0.290 e. The molecule has 196 valence electrons. The molecule has 1 fully saturated rings. The number of amides is 2. The van der Waals surface area contributed by atoms with Gasteiger partial charge in [-0.25, -0.2) is 0 Å². The van der Waals surface area contributed by atoms with E-state index in [9.17, 15) is 9.59 Å². The van der Waals surface area contributed by atoms with E-state index in [1.165, 1.54) is 17.6 Å². The lowest BCUT2D eigenvalue weighted by molar-refractivity contribution is -0.127. The van der Waals surface area contributed by atoms with E-state index in [1.54, 1.807) is 51.7 Å². The van der Waals surface area contributed by atoms with Crippen molar-refractivity contribution in [3.63, 3.8) is 0 Å². The van der Waals surface area contributed by atoms with E-state index in [2.05, 4.69) is 5.32 Å². The Morgan fingerprint density at radius 2 is 1.65 bits per heavy atom. The number of para-hydroxylation sites is 1. The Kier molecular flexibility index (Phi) is 8.72. The van der Waals surface area contributed by atoms with Gasteiger partial charge in [0.1, 0.15) is 11.8 Å². The molecule has 1 heterocycles. The standard InChI is InChI=1S/C29H34N2O6/c1-34-23-13-8-7-10-21(23)19-31(29(33)25-14-9-17-37-25)27(28(32)30-22-11-5-4-6-12-22)20-15-16-24(35-2)26(18-20)36-3/h7-10,13-18,22,27H,4-6,11-12,19H2,1-3H3,(H,30,32)/t27-/m1/s1. The topological polar surface area (TPSA) is 90.2 Å². The van der Waals surface area contributed by atoms with Crippen LogP contribution in [0.2, 0.25) is 0 Å². The Morgan fingerprint density at radius 3 is 2.32 bits per heavy atom. The molecule has 8 nitrogen and oxygen atoms in total. The van der Waals surface area contributed by atoms with Gasteiger partial charge in [-0.1, -0.05) is 43.5 Å². The largest absolute Gasteiger partial charge is 0.496 e. The molecule has 1 aromatic heterocycles. The highest BCUT2D eigenvalue weighted by Gasteiger charge is 2.35. The van der Waals surface area contributed by atoms with Crippen molar-refractivity contribution in [3.8, 4) is 17.2 Å². The first-order valence-corrected chi connectivity index (χ1v) is 12.5. The fourth-order valence-corrected chi connectivity index (χ4v) is 4.86. The summed E-state index contributed by atoms with van der Waals surface area (Å²) in [6.07, 6.45) is 6.60. The molecule has 1 saturated carbocycles. The molecule has 37 heavy (non-hydrogen) atoms. The second-order valence-corrected chi connectivity index (χ2v) is 9.08. The zero-order chi connectivity index (χ0) is 26.2. The lowest BCUT2D eigenvalue weighted by atomic mass is 9.94. The number of methoxy groups -OCH3 is 3. The van der Waals surface area contributed by atoms with Crippen molar-refractivity contribution in [1.29, 1.82) is 0 Å². The van der Waals surface area contributed by atoms with Gasteiger partial charge in [-0.05, 0) is 48.7 Å². The Hall–Kier alpha value is -3.94. The first-order chi connectivity index (χ1) is 18.0. The highest BCUT2D eigenvalue weighted by Crippen LogP contribution is 2.35. The van der Waals surface area contributed by atoms with Crippen LogP contribution in [-0.4, -0.2) is 44.1 Å². The number of hydrogen-bond donors (Lipinski definition) is 1. The number of nitrogens with one attached hydrogen (secondary N) is 1. The van der Waals surface area contributed by atoms with Crippen molar-refractivity contribution < 1.29 is 28.2 Å². The highest BCUT2D eigenvalue weighted by atomic mass is 16.5. The number of furan rings is 1. The van der Waals surface area contributed by atoms with Gasteiger partial charge in [-0.3, -0.25) is 9.59 Å². The summed E-state index contributed by atoms with van der Waals surface area (Å²) in [5.41, 5.74) is 1.36. The van der Waals surface area contributed by atoms with E-state index in [1.807, 2.05) is 24.3 Å². The molecule has 2 amide bonds. The minimum absolute atomic E-state index is 0.0655. The molecule has 0 aliphatic heterocycles. The Balaban J connectivity index is 1.80. The minimum Gasteiger partial charge on any atom is -0.496 e. The number of hydrogen-bond acceptors (Lipinski definition) is 6. The van der Waals surface area contributed by atoms with E-state index >= 15 is 0 Å². The highest BCUT2D eigenvalue weighted by molar-refractivity contribution is 5.96.